The fourth-order valence-electron chi connectivity index (χ4n) is 2.29. The highest BCUT2D eigenvalue weighted by molar-refractivity contribution is 4.71. The Labute approximate surface area is 101 Å². The van der Waals surface area contributed by atoms with Crippen LogP contribution in [0.1, 0.15) is 53.4 Å². The van der Waals surface area contributed by atoms with Crippen molar-refractivity contribution in [1.29, 1.82) is 0 Å². The summed E-state index contributed by atoms with van der Waals surface area (Å²) in [6, 6.07) is 0. The van der Waals surface area contributed by atoms with E-state index in [1.807, 2.05) is 0 Å². The zero-order valence-corrected chi connectivity index (χ0v) is 11.5. The minimum atomic E-state index is 0.499. The molecule has 0 bridgehead atoms. The Morgan fingerprint density at radius 2 is 1.94 bits per heavy atom. The topological polar surface area (TPSA) is 21.3 Å². The van der Waals surface area contributed by atoms with Crippen molar-refractivity contribution in [2.24, 2.45) is 11.8 Å². The second-order valence-electron chi connectivity index (χ2n) is 5.88. The van der Waals surface area contributed by atoms with Crippen molar-refractivity contribution in [3.63, 3.8) is 0 Å². The molecule has 0 aromatic carbocycles. The maximum absolute atomic E-state index is 5.83. The summed E-state index contributed by atoms with van der Waals surface area (Å²) in [5.74, 6) is 1.53. The summed E-state index contributed by atoms with van der Waals surface area (Å²) < 4.78 is 5.83. The second-order valence-corrected chi connectivity index (χ2v) is 5.88. The Bertz CT molecular complexity index is 182. The quantitative estimate of drug-likeness (QED) is 0.721. The van der Waals surface area contributed by atoms with Crippen LogP contribution in [-0.2, 0) is 4.74 Å². The van der Waals surface area contributed by atoms with E-state index >= 15 is 0 Å². The first-order chi connectivity index (χ1) is 7.58. The van der Waals surface area contributed by atoms with E-state index < -0.39 is 0 Å². The SMILES string of the molecule is CC(C)CNCC(C)CCC1CCC(C)O1. The molecule has 0 saturated carbocycles. The third-order valence-electron chi connectivity index (χ3n) is 3.35. The monoisotopic (exact) mass is 227 g/mol. The van der Waals surface area contributed by atoms with E-state index in [4.69, 9.17) is 4.74 Å². The number of hydrogen-bond donors (Lipinski definition) is 1. The minimum absolute atomic E-state index is 0.499. The van der Waals surface area contributed by atoms with Crippen LogP contribution in [0, 0.1) is 11.8 Å². The molecule has 1 saturated heterocycles. The summed E-state index contributed by atoms with van der Waals surface area (Å²) in [7, 11) is 0. The maximum Gasteiger partial charge on any atom is 0.0579 e. The largest absolute Gasteiger partial charge is 0.375 e. The van der Waals surface area contributed by atoms with Gasteiger partial charge in [0.15, 0.2) is 0 Å². The molecule has 1 rings (SSSR count). The van der Waals surface area contributed by atoms with Crippen molar-refractivity contribution in [1.82, 2.24) is 5.32 Å². The van der Waals surface area contributed by atoms with Gasteiger partial charge in [-0.3, -0.25) is 0 Å². The van der Waals surface area contributed by atoms with Gasteiger partial charge in [0.2, 0.25) is 0 Å². The molecule has 1 heterocycles. The molecule has 1 aliphatic rings. The van der Waals surface area contributed by atoms with E-state index in [1.54, 1.807) is 0 Å². The van der Waals surface area contributed by atoms with Crippen LogP contribution in [0.25, 0.3) is 0 Å². The van der Waals surface area contributed by atoms with Crippen molar-refractivity contribution < 1.29 is 4.74 Å². The molecular weight excluding hydrogens is 198 g/mol. The van der Waals surface area contributed by atoms with Gasteiger partial charge in [0.05, 0.1) is 12.2 Å². The van der Waals surface area contributed by atoms with Crippen LogP contribution in [0.15, 0.2) is 0 Å². The predicted molar refractivity (Wildman–Crippen MR) is 69.7 cm³/mol. The van der Waals surface area contributed by atoms with Crippen LogP contribution in [0.3, 0.4) is 0 Å². The summed E-state index contributed by atoms with van der Waals surface area (Å²) in [6.07, 6.45) is 6.11. The van der Waals surface area contributed by atoms with Gasteiger partial charge in [-0.05, 0) is 57.5 Å². The van der Waals surface area contributed by atoms with Gasteiger partial charge in [-0.1, -0.05) is 20.8 Å². The lowest BCUT2D eigenvalue weighted by molar-refractivity contribution is 0.0474. The summed E-state index contributed by atoms with van der Waals surface area (Å²) >= 11 is 0. The maximum atomic E-state index is 5.83. The van der Waals surface area contributed by atoms with Gasteiger partial charge in [0, 0.05) is 0 Å². The zero-order valence-electron chi connectivity index (χ0n) is 11.5. The number of rotatable bonds is 7. The molecule has 0 aromatic heterocycles. The molecule has 3 unspecified atom stereocenters. The normalized spacial score (nSPS) is 27.6. The first-order valence-electron chi connectivity index (χ1n) is 6.94. The number of ether oxygens (including phenoxy) is 1. The first-order valence-corrected chi connectivity index (χ1v) is 6.94. The molecule has 0 aromatic rings. The Morgan fingerprint density at radius 1 is 1.19 bits per heavy atom. The summed E-state index contributed by atoms with van der Waals surface area (Å²) in [5.41, 5.74) is 0. The molecule has 2 heteroatoms. The molecular formula is C14H29NO. The molecule has 0 radical (unpaired) electrons. The first kappa shape index (κ1) is 14.0. The van der Waals surface area contributed by atoms with E-state index in [2.05, 4.69) is 33.0 Å². The molecule has 1 fully saturated rings. The molecule has 2 nitrogen and oxygen atoms in total. The lowest BCUT2D eigenvalue weighted by Gasteiger charge is -2.16. The average Bonchev–Trinajstić information content (AvgIpc) is 2.61. The molecule has 0 aliphatic carbocycles. The number of nitrogens with one attached hydrogen (secondary N) is 1. The van der Waals surface area contributed by atoms with Gasteiger partial charge in [0.25, 0.3) is 0 Å². The van der Waals surface area contributed by atoms with Gasteiger partial charge in [-0.25, -0.2) is 0 Å². The van der Waals surface area contributed by atoms with Crippen molar-refractivity contribution >= 4 is 0 Å². The fourth-order valence-corrected chi connectivity index (χ4v) is 2.29. The van der Waals surface area contributed by atoms with Crippen LogP contribution < -0.4 is 5.32 Å². The predicted octanol–water partition coefficient (Wildman–Crippen LogP) is 3.22. The van der Waals surface area contributed by atoms with Crippen LogP contribution in [0.2, 0.25) is 0 Å². The highest BCUT2D eigenvalue weighted by Gasteiger charge is 2.21. The van der Waals surface area contributed by atoms with E-state index in [9.17, 15) is 0 Å². The zero-order chi connectivity index (χ0) is 12.0. The van der Waals surface area contributed by atoms with Crippen LogP contribution in [0.5, 0.6) is 0 Å². The van der Waals surface area contributed by atoms with Gasteiger partial charge >= 0.3 is 0 Å². The smallest absolute Gasteiger partial charge is 0.0579 e. The van der Waals surface area contributed by atoms with Crippen LogP contribution in [0.4, 0.5) is 0 Å². The van der Waals surface area contributed by atoms with Gasteiger partial charge in [0.1, 0.15) is 0 Å². The van der Waals surface area contributed by atoms with Gasteiger partial charge in [-0.2, -0.15) is 0 Å². The Morgan fingerprint density at radius 3 is 2.50 bits per heavy atom. The average molecular weight is 227 g/mol. The molecule has 96 valence electrons. The van der Waals surface area contributed by atoms with Crippen LogP contribution >= 0.6 is 0 Å². The highest BCUT2D eigenvalue weighted by atomic mass is 16.5. The molecule has 1 N–H and O–H groups in total. The van der Waals surface area contributed by atoms with Crippen molar-refractivity contribution in [3.8, 4) is 0 Å². The standard InChI is InChI=1S/C14H29NO/c1-11(2)9-15-10-12(3)5-7-14-8-6-13(4)16-14/h11-15H,5-10H2,1-4H3. The van der Waals surface area contributed by atoms with E-state index in [0.29, 0.717) is 12.2 Å². The Hall–Kier alpha value is -0.0800. The summed E-state index contributed by atoms with van der Waals surface area (Å²) in [6.45, 7) is 11.3. The van der Waals surface area contributed by atoms with Gasteiger partial charge < -0.3 is 10.1 Å². The highest BCUT2D eigenvalue weighted by Crippen LogP contribution is 2.23. The second kappa shape index (κ2) is 7.29. The minimum Gasteiger partial charge on any atom is -0.375 e. The van der Waals surface area contributed by atoms with Crippen molar-refractivity contribution in [2.75, 3.05) is 13.1 Å². The number of hydrogen-bond acceptors (Lipinski definition) is 2. The molecule has 1 aliphatic heterocycles. The summed E-state index contributed by atoms with van der Waals surface area (Å²) in [5, 5.41) is 3.53. The summed E-state index contributed by atoms with van der Waals surface area (Å²) in [4.78, 5) is 0. The van der Waals surface area contributed by atoms with Crippen LogP contribution in [-0.4, -0.2) is 25.3 Å². The van der Waals surface area contributed by atoms with Gasteiger partial charge in [-0.15, -0.1) is 0 Å². The fraction of sp³-hybridized carbons (Fsp3) is 1.00. The molecule has 0 spiro atoms. The van der Waals surface area contributed by atoms with E-state index in [1.165, 1.54) is 25.7 Å². The molecule has 0 amide bonds. The Kier molecular flexibility index (Phi) is 6.37. The van der Waals surface area contributed by atoms with Crippen molar-refractivity contribution in [2.45, 2.75) is 65.6 Å². The molecule has 16 heavy (non-hydrogen) atoms. The van der Waals surface area contributed by atoms with E-state index in [-0.39, 0.29) is 0 Å². The van der Waals surface area contributed by atoms with E-state index in [0.717, 1.165) is 24.9 Å². The lowest BCUT2D eigenvalue weighted by atomic mass is 10.0. The molecule has 3 atom stereocenters. The third-order valence-corrected chi connectivity index (χ3v) is 3.35. The lowest BCUT2D eigenvalue weighted by Crippen LogP contribution is -2.25. The Balaban J connectivity index is 1.99. The third kappa shape index (κ3) is 5.86. The van der Waals surface area contributed by atoms with Crippen molar-refractivity contribution in [3.05, 3.63) is 0 Å².